The molecule has 0 bridgehead atoms. The fourth-order valence-electron chi connectivity index (χ4n) is 3.59. The van der Waals surface area contributed by atoms with E-state index in [0.717, 1.165) is 0 Å². The van der Waals surface area contributed by atoms with E-state index in [2.05, 4.69) is 4.84 Å². The molecular weight excluding hydrogens is 526 g/mol. The number of hydrogen-bond donors (Lipinski definition) is 0. The first-order valence-electron chi connectivity index (χ1n) is 13.3. The Morgan fingerprint density at radius 2 is 1.57 bits per heavy atom. The third-order valence-electron chi connectivity index (χ3n) is 6.14. The number of carbonyl (C=O) groups excluding carboxylic acids is 4. The van der Waals surface area contributed by atoms with Crippen LogP contribution in [0.15, 0.2) is 24.3 Å². The van der Waals surface area contributed by atoms with Crippen LogP contribution in [0.25, 0.3) is 0 Å². The Kier molecular flexibility index (Phi) is 14.1. The van der Waals surface area contributed by atoms with E-state index in [9.17, 15) is 29.3 Å². The minimum absolute atomic E-state index is 0.0201. The molecule has 0 aliphatic carbocycles. The van der Waals surface area contributed by atoms with Crippen LogP contribution in [0.1, 0.15) is 96.8 Å². The van der Waals surface area contributed by atoms with Gasteiger partial charge in [0, 0.05) is 13.3 Å². The normalized spacial score (nSPS) is 12.2. The molecule has 1 rings (SSSR count). The number of rotatable bonds is 18. The molecule has 0 spiro atoms. The lowest BCUT2D eigenvalue weighted by Gasteiger charge is -2.33. The van der Waals surface area contributed by atoms with Crippen LogP contribution in [0.2, 0.25) is 0 Å². The van der Waals surface area contributed by atoms with E-state index < -0.39 is 46.1 Å². The summed E-state index contributed by atoms with van der Waals surface area (Å²) in [5, 5.41) is 9.36. The summed E-state index contributed by atoms with van der Waals surface area (Å²) in [6, 6.07) is 6.30. The molecule has 0 saturated carbocycles. The van der Waals surface area contributed by atoms with Gasteiger partial charge in [-0.25, -0.2) is 4.79 Å². The van der Waals surface area contributed by atoms with E-state index in [0.29, 0.717) is 38.5 Å². The number of ether oxygens (including phenoxy) is 4. The van der Waals surface area contributed by atoms with E-state index >= 15 is 0 Å². The maximum Gasteiger partial charge on any atom is 0.341 e. The van der Waals surface area contributed by atoms with Crippen LogP contribution in [-0.4, -0.2) is 53.4 Å². The van der Waals surface area contributed by atoms with E-state index in [-0.39, 0.29) is 30.9 Å². The van der Waals surface area contributed by atoms with Crippen molar-refractivity contribution in [1.82, 2.24) is 0 Å². The first-order valence-corrected chi connectivity index (χ1v) is 13.3. The predicted molar refractivity (Wildman–Crippen MR) is 143 cm³/mol. The van der Waals surface area contributed by atoms with Gasteiger partial charge >= 0.3 is 23.9 Å². The number of benzene rings is 1. The monoisotopic (exact) mass is 567 g/mol. The second-order valence-corrected chi connectivity index (χ2v) is 10.5. The summed E-state index contributed by atoms with van der Waals surface area (Å²) >= 11 is 0. The largest absolute Gasteiger partial charge is 0.462 e. The average Bonchev–Trinajstić information content (AvgIpc) is 2.84. The van der Waals surface area contributed by atoms with E-state index in [1.165, 1.54) is 19.1 Å². The van der Waals surface area contributed by atoms with Gasteiger partial charge in [-0.1, -0.05) is 12.1 Å². The Morgan fingerprint density at radius 3 is 2.23 bits per heavy atom. The van der Waals surface area contributed by atoms with Crippen molar-refractivity contribution >= 4 is 23.9 Å². The van der Waals surface area contributed by atoms with E-state index in [4.69, 9.17) is 18.9 Å². The molecule has 0 saturated heterocycles. The van der Waals surface area contributed by atoms with Gasteiger partial charge in [0.05, 0.1) is 19.1 Å². The van der Waals surface area contributed by atoms with Crippen molar-refractivity contribution < 1.29 is 48.0 Å². The van der Waals surface area contributed by atoms with Gasteiger partial charge in [-0.05, 0) is 85.3 Å². The summed E-state index contributed by atoms with van der Waals surface area (Å²) in [6.45, 7) is 9.78. The van der Waals surface area contributed by atoms with Gasteiger partial charge in [-0.15, -0.1) is 10.1 Å². The summed E-state index contributed by atoms with van der Waals surface area (Å²) in [7, 11) is 0. The minimum Gasteiger partial charge on any atom is -0.462 e. The lowest BCUT2D eigenvalue weighted by molar-refractivity contribution is -0.757. The highest BCUT2D eigenvalue weighted by Gasteiger charge is 2.38. The highest BCUT2D eigenvalue weighted by atomic mass is 16.9. The molecule has 0 aliphatic rings. The number of hydrogen-bond acceptors (Lipinski definition) is 11. The summed E-state index contributed by atoms with van der Waals surface area (Å²) in [4.78, 5) is 63.1. The Hall–Kier alpha value is -3.70. The van der Waals surface area contributed by atoms with Gasteiger partial charge in [0.1, 0.15) is 22.5 Å². The van der Waals surface area contributed by atoms with Gasteiger partial charge < -0.3 is 23.8 Å². The zero-order chi connectivity index (χ0) is 30.3. The topological polar surface area (TPSA) is 158 Å². The van der Waals surface area contributed by atoms with Crippen molar-refractivity contribution in [2.45, 2.75) is 97.7 Å². The van der Waals surface area contributed by atoms with Crippen LogP contribution in [0.4, 0.5) is 0 Å². The fraction of sp³-hybridized carbons (Fsp3) is 0.643. The molecule has 0 fully saturated rings. The van der Waals surface area contributed by atoms with Crippen molar-refractivity contribution in [2.24, 2.45) is 5.92 Å². The highest BCUT2D eigenvalue weighted by molar-refractivity contribution is 5.93. The summed E-state index contributed by atoms with van der Waals surface area (Å²) in [5.41, 5.74) is -1.75. The first-order chi connectivity index (χ1) is 18.6. The van der Waals surface area contributed by atoms with Crippen LogP contribution in [-0.2, 0) is 33.4 Å². The third kappa shape index (κ3) is 13.4. The molecule has 12 nitrogen and oxygen atoms in total. The Balaban J connectivity index is 2.37. The maximum atomic E-state index is 12.7. The third-order valence-corrected chi connectivity index (χ3v) is 6.14. The van der Waals surface area contributed by atoms with Crippen LogP contribution < -0.4 is 4.74 Å². The summed E-state index contributed by atoms with van der Waals surface area (Å²) in [5.74, 6) is -2.72. The van der Waals surface area contributed by atoms with E-state index in [1.54, 1.807) is 46.8 Å². The molecule has 0 N–H and O–H groups in total. The zero-order valence-electron chi connectivity index (χ0n) is 24.2. The van der Waals surface area contributed by atoms with Crippen molar-refractivity contribution in [1.29, 1.82) is 0 Å². The molecule has 0 aromatic heterocycles. The molecule has 1 atom stereocenters. The van der Waals surface area contributed by atoms with Gasteiger partial charge in [-0.3, -0.25) is 14.4 Å². The smallest absolute Gasteiger partial charge is 0.341 e. The lowest BCUT2D eigenvalue weighted by Crippen LogP contribution is -2.43. The fourth-order valence-corrected chi connectivity index (χ4v) is 3.59. The second kappa shape index (κ2) is 16.4. The maximum absolute atomic E-state index is 12.7. The number of unbranched alkanes of at least 4 members (excludes halogenated alkanes) is 3. The predicted octanol–water partition coefficient (Wildman–Crippen LogP) is 4.99. The number of carbonyl (C=O) groups is 4. The van der Waals surface area contributed by atoms with Crippen LogP contribution in [0, 0.1) is 16.0 Å². The summed E-state index contributed by atoms with van der Waals surface area (Å²) in [6.07, 6.45) is 3.27. The molecular formula is C28H41NO11. The van der Waals surface area contributed by atoms with Gasteiger partial charge in [0.25, 0.3) is 5.09 Å². The summed E-state index contributed by atoms with van der Waals surface area (Å²) < 4.78 is 21.5. The molecule has 0 radical (unpaired) electrons. The molecule has 1 unspecified atom stereocenters. The van der Waals surface area contributed by atoms with Crippen molar-refractivity contribution in [2.75, 3.05) is 13.2 Å². The minimum atomic E-state index is -1.10. The second-order valence-electron chi connectivity index (χ2n) is 10.5. The molecule has 1 aromatic carbocycles. The molecule has 0 amide bonds. The Labute approximate surface area is 234 Å². The van der Waals surface area contributed by atoms with Crippen molar-refractivity contribution in [3.05, 3.63) is 39.9 Å². The van der Waals surface area contributed by atoms with Crippen molar-refractivity contribution in [3.8, 4) is 5.75 Å². The molecule has 1 aromatic rings. The molecule has 0 heterocycles. The quantitative estimate of drug-likeness (QED) is 0.0588. The number of para-hydroxylation sites is 1. The molecule has 12 heteroatoms. The van der Waals surface area contributed by atoms with Crippen LogP contribution in [0.3, 0.4) is 0 Å². The Morgan fingerprint density at radius 1 is 0.925 bits per heavy atom. The van der Waals surface area contributed by atoms with Gasteiger partial charge in [0.15, 0.2) is 0 Å². The molecule has 0 aliphatic heterocycles. The number of esters is 4. The van der Waals surface area contributed by atoms with Gasteiger partial charge in [-0.2, -0.15) is 0 Å². The average molecular weight is 568 g/mol. The molecule has 224 valence electrons. The SMILES string of the molecule is CC(=O)Oc1ccccc1C(=O)OCCCCCC(=O)OC(C)(C)C(C)C(=O)OC(C)(C)CCCCO[N+](=O)[O-]. The Bertz CT molecular complexity index is 1020. The number of nitrogens with zero attached hydrogens (tertiary/aromatic N) is 1. The van der Waals surface area contributed by atoms with Crippen LogP contribution in [0.5, 0.6) is 5.75 Å². The first kappa shape index (κ1) is 34.3. The van der Waals surface area contributed by atoms with E-state index in [1.807, 2.05) is 0 Å². The lowest BCUT2D eigenvalue weighted by atomic mass is 9.92. The zero-order valence-corrected chi connectivity index (χ0v) is 24.2. The van der Waals surface area contributed by atoms with Gasteiger partial charge in [0.2, 0.25) is 0 Å². The molecule has 40 heavy (non-hydrogen) atoms. The standard InChI is InChI=1S/C28H41NO11/c1-20(25(32)40-27(3,4)17-11-13-19-37-29(34)35)28(5,6)39-24(31)16-8-7-12-18-36-26(33)22-14-9-10-15-23(22)38-21(2)30/h9-10,14-15,20H,7-8,11-13,16-19H2,1-6H3. The van der Waals surface area contributed by atoms with Crippen LogP contribution >= 0.6 is 0 Å². The van der Waals surface area contributed by atoms with Crippen molar-refractivity contribution in [3.63, 3.8) is 0 Å². The highest BCUT2D eigenvalue weighted by Crippen LogP contribution is 2.27.